The second kappa shape index (κ2) is 9.25. The SMILES string of the molecule is C=CCN1CC[C@@]2(c3cccc(OC)c3)C[C@H](NC(=O)c3ccccc3)CC(O)[C@@H]2C1. The van der Waals surface area contributed by atoms with E-state index in [2.05, 4.69) is 28.9 Å². The zero-order valence-electron chi connectivity index (χ0n) is 18.2. The van der Waals surface area contributed by atoms with Crippen LogP contribution in [-0.4, -0.2) is 54.8 Å². The molecule has 5 heteroatoms. The zero-order valence-corrected chi connectivity index (χ0v) is 18.2. The van der Waals surface area contributed by atoms with Gasteiger partial charge < -0.3 is 15.2 Å². The van der Waals surface area contributed by atoms with Gasteiger partial charge in [0.25, 0.3) is 5.91 Å². The average Bonchev–Trinajstić information content (AvgIpc) is 2.80. The number of aliphatic hydroxyl groups is 1. The average molecular weight is 421 g/mol. The molecule has 1 saturated heterocycles. The van der Waals surface area contributed by atoms with Gasteiger partial charge in [0.1, 0.15) is 5.75 Å². The Kier molecular flexibility index (Phi) is 6.44. The number of hydrogen-bond donors (Lipinski definition) is 2. The van der Waals surface area contributed by atoms with E-state index in [9.17, 15) is 9.90 Å². The lowest BCUT2D eigenvalue weighted by Crippen LogP contribution is -2.61. The molecule has 0 aromatic heterocycles. The van der Waals surface area contributed by atoms with Crippen LogP contribution in [0.5, 0.6) is 5.75 Å². The maximum absolute atomic E-state index is 12.8. The number of carbonyl (C=O) groups is 1. The van der Waals surface area contributed by atoms with Crippen LogP contribution in [0.2, 0.25) is 0 Å². The second-order valence-corrected chi connectivity index (χ2v) is 8.84. The molecule has 1 aliphatic heterocycles. The monoisotopic (exact) mass is 420 g/mol. The molecule has 0 bridgehead atoms. The maximum Gasteiger partial charge on any atom is 0.251 e. The molecule has 1 unspecified atom stereocenters. The standard InChI is InChI=1S/C26H32N2O3/c1-3-13-28-14-12-26(20-10-7-11-22(15-20)31-2)17-21(16-24(29)23(26)18-28)27-25(30)19-8-5-4-6-9-19/h3-11,15,21,23-24,29H,1,12-14,16-18H2,2H3,(H,27,30)/t21-,23+,24?,26+/m1/s1. The molecule has 2 N–H and O–H groups in total. The molecule has 4 rings (SSSR count). The van der Waals surface area contributed by atoms with E-state index in [-0.39, 0.29) is 23.3 Å². The number of ether oxygens (including phenoxy) is 1. The van der Waals surface area contributed by atoms with Gasteiger partial charge >= 0.3 is 0 Å². The molecule has 2 aliphatic rings. The third-order valence-corrected chi connectivity index (χ3v) is 7.04. The normalized spacial score (nSPS) is 28.4. The minimum atomic E-state index is -0.492. The Balaban J connectivity index is 1.64. The van der Waals surface area contributed by atoms with Crippen molar-refractivity contribution < 1.29 is 14.6 Å². The molecule has 0 radical (unpaired) electrons. The van der Waals surface area contributed by atoms with Gasteiger partial charge in [-0.1, -0.05) is 36.4 Å². The highest BCUT2D eigenvalue weighted by Crippen LogP contribution is 2.49. The fourth-order valence-electron chi connectivity index (χ4n) is 5.54. The summed E-state index contributed by atoms with van der Waals surface area (Å²) < 4.78 is 5.50. The summed E-state index contributed by atoms with van der Waals surface area (Å²) in [7, 11) is 1.68. The van der Waals surface area contributed by atoms with E-state index in [1.54, 1.807) is 7.11 Å². The highest BCUT2D eigenvalue weighted by atomic mass is 16.5. The third kappa shape index (κ3) is 4.39. The largest absolute Gasteiger partial charge is 0.497 e. The lowest BCUT2D eigenvalue weighted by molar-refractivity contribution is -0.0450. The number of amides is 1. The van der Waals surface area contributed by atoms with Crippen molar-refractivity contribution in [2.45, 2.75) is 36.8 Å². The van der Waals surface area contributed by atoms with Crippen LogP contribution in [0.3, 0.4) is 0 Å². The highest BCUT2D eigenvalue weighted by molar-refractivity contribution is 5.94. The van der Waals surface area contributed by atoms with E-state index in [4.69, 9.17) is 4.74 Å². The smallest absolute Gasteiger partial charge is 0.251 e. The summed E-state index contributed by atoms with van der Waals surface area (Å²) in [5.74, 6) is 0.836. The van der Waals surface area contributed by atoms with Gasteiger partial charge in [-0.3, -0.25) is 9.69 Å². The molecule has 2 aromatic rings. The number of hydrogen-bond acceptors (Lipinski definition) is 4. The van der Waals surface area contributed by atoms with Crippen molar-refractivity contribution in [2.75, 3.05) is 26.7 Å². The first-order chi connectivity index (χ1) is 15.1. The minimum Gasteiger partial charge on any atom is -0.497 e. The van der Waals surface area contributed by atoms with Crippen LogP contribution in [0, 0.1) is 5.92 Å². The molecule has 1 heterocycles. The minimum absolute atomic E-state index is 0.0823. The summed E-state index contributed by atoms with van der Waals surface area (Å²) in [5, 5.41) is 14.5. The van der Waals surface area contributed by atoms with Gasteiger partial charge in [0.15, 0.2) is 0 Å². The van der Waals surface area contributed by atoms with Crippen LogP contribution in [0.1, 0.15) is 35.2 Å². The highest BCUT2D eigenvalue weighted by Gasteiger charge is 2.52. The number of benzene rings is 2. The van der Waals surface area contributed by atoms with Crippen molar-refractivity contribution in [2.24, 2.45) is 5.92 Å². The number of aliphatic hydroxyl groups excluding tert-OH is 1. The van der Waals surface area contributed by atoms with Gasteiger partial charge in [-0.2, -0.15) is 0 Å². The molecule has 1 saturated carbocycles. The predicted octanol–water partition coefficient (Wildman–Crippen LogP) is 3.39. The molecule has 1 amide bonds. The molecule has 164 valence electrons. The van der Waals surface area contributed by atoms with Crippen molar-refractivity contribution in [3.05, 3.63) is 78.4 Å². The topological polar surface area (TPSA) is 61.8 Å². The molecule has 4 atom stereocenters. The van der Waals surface area contributed by atoms with Crippen molar-refractivity contribution >= 4 is 5.91 Å². The molecule has 1 aliphatic carbocycles. The maximum atomic E-state index is 12.8. The molecule has 31 heavy (non-hydrogen) atoms. The Labute approximate surface area is 184 Å². The van der Waals surface area contributed by atoms with Crippen molar-refractivity contribution in [1.29, 1.82) is 0 Å². The first kappa shape index (κ1) is 21.6. The molecule has 5 nitrogen and oxygen atoms in total. The summed E-state index contributed by atoms with van der Waals surface area (Å²) >= 11 is 0. The van der Waals surface area contributed by atoms with Gasteiger partial charge in [0.05, 0.1) is 13.2 Å². The van der Waals surface area contributed by atoms with E-state index in [1.165, 1.54) is 5.56 Å². The van der Waals surface area contributed by atoms with Crippen LogP contribution in [0.4, 0.5) is 0 Å². The number of rotatable bonds is 6. The Bertz CT molecular complexity index is 916. The Morgan fingerprint density at radius 2 is 2.10 bits per heavy atom. The van der Waals surface area contributed by atoms with Crippen LogP contribution in [0.15, 0.2) is 67.3 Å². The lowest BCUT2D eigenvalue weighted by atomic mass is 9.57. The summed E-state index contributed by atoms with van der Waals surface area (Å²) in [6.45, 7) is 6.47. The lowest BCUT2D eigenvalue weighted by Gasteiger charge is -2.54. The second-order valence-electron chi connectivity index (χ2n) is 8.84. The number of methoxy groups -OCH3 is 1. The number of nitrogens with zero attached hydrogens (tertiary/aromatic N) is 1. The number of carbonyl (C=O) groups excluding carboxylic acids is 1. The Morgan fingerprint density at radius 1 is 1.29 bits per heavy atom. The van der Waals surface area contributed by atoms with Crippen molar-refractivity contribution in [1.82, 2.24) is 10.2 Å². The quantitative estimate of drug-likeness (QED) is 0.704. The van der Waals surface area contributed by atoms with E-state index >= 15 is 0 Å². The molecule has 0 spiro atoms. The van der Waals surface area contributed by atoms with Crippen LogP contribution < -0.4 is 10.1 Å². The molecular weight excluding hydrogens is 388 g/mol. The first-order valence-corrected chi connectivity index (χ1v) is 11.1. The van der Waals surface area contributed by atoms with Gasteiger partial charge in [-0.05, 0) is 55.6 Å². The Morgan fingerprint density at radius 3 is 2.84 bits per heavy atom. The van der Waals surface area contributed by atoms with E-state index < -0.39 is 6.10 Å². The molecule has 2 fully saturated rings. The fourth-order valence-corrected chi connectivity index (χ4v) is 5.54. The van der Waals surface area contributed by atoms with Gasteiger partial charge in [0.2, 0.25) is 0 Å². The van der Waals surface area contributed by atoms with E-state index in [0.717, 1.165) is 38.2 Å². The van der Waals surface area contributed by atoms with Gasteiger partial charge in [-0.15, -0.1) is 6.58 Å². The first-order valence-electron chi connectivity index (χ1n) is 11.1. The fraction of sp³-hybridized carbons (Fsp3) is 0.423. The summed E-state index contributed by atoms with van der Waals surface area (Å²) in [6.07, 6.45) is 3.73. The van der Waals surface area contributed by atoms with Gasteiger partial charge in [-0.25, -0.2) is 0 Å². The number of fused-ring (bicyclic) bond motifs is 1. The number of nitrogens with one attached hydrogen (secondary N) is 1. The molecule has 2 aromatic carbocycles. The summed E-state index contributed by atoms with van der Waals surface area (Å²) in [4.78, 5) is 15.2. The van der Waals surface area contributed by atoms with Crippen LogP contribution in [-0.2, 0) is 5.41 Å². The summed E-state index contributed by atoms with van der Waals surface area (Å²) in [6, 6.07) is 17.4. The predicted molar refractivity (Wildman–Crippen MR) is 122 cm³/mol. The van der Waals surface area contributed by atoms with E-state index in [1.807, 2.05) is 48.5 Å². The van der Waals surface area contributed by atoms with Crippen molar-refractivity contribution in [3.8, 4) is 5.75 Å². The number of piperidine rings is 1. The zero-order chi connectivity index (χ0) is 21.8. The summed E-state index contributed by atoms with van der Waals surface area (Å²) in [5.41, 5.74) is 1.63. The Hall–Kier alpha value is -2.63. The van der Waals surface area contributed by atoms with E-state index in [0.29, 0.717) is 12.0 Å². The molecular formula is C26H32N2O3. The third-order valence-electron chi connectivity index (χ3n) is 7.04. The van der Waals surface area contributed by atoms with Crippen molar-refractivity contribution in [3.63, 3.8) is 0 Å². The number of likely N-dealkylation sites (tertiary alicyclic amines) is 1. The van der Waals surface area contributed by atoms with Gasteiger partial charge in [0, 0.05) is 36.0 Å². The van der Waals surface area contributed by atoms with Crippen LogP contribution in [0.25, 0.3) is 0 Å². The van der Waals surface area contributed by atoms with Crippen LogP contribution >= 0.6 is 0 Å².